The van der Waals surface area contributed by atoms with E-state index in [1.54, 1.807) is 17.9 Å². The third-order valence-corrected chi connectivity index (χ3v) is 4.89. The minimum Gasteiger partial charge on any atom is -0.469 e. The molecule has 2 unspecified atom stereocenters. The van der Waals surface area contributed by atoms with Gasteiger partial charge in [-0.1, -0.05) is 18.2 Å². The molecule has 2 fully saturated rings. The molecule has 3 heterocycles. The van der Waals surface area contributed by atoms with Crippen molar-refractivity contribution < 1.29 is 14.0 Å². The zero-order chi connectivity index (χ0) is 16.0. The van der Waals surface area contributed by atoms with Crippen LogP contribution in [-0.2, 0) is 4.79 Å². The number of likely N-dealkylation sites (tertiary alicyclic amines) is 1. The summed E-state index contributed by atoms with van der Waals surface area (Å²) < 4.78 is 5.21. The van der Waals surface area contributed by atoms with Gasteiger partial charge >= 0.3 is 0 Å². The molecule has 0 bridgehead atoms. The van der Waals surface area contributed by atoms with Crippen LogP contribution in [0, 0.1) is 18.8 Å². The fraction of sp³-hybridized carbons (Fsp3) is 0.333. The lowest BCUT2D eigenvalue weighted by Crippen LogP contribution is -2.35. The lowest BCUT2D eigenvalue weighted by atomic mass is 10.0. The average molecular weight is 310 g/mol. The van der Waals surface area contributed by atoms with E-state index in [4.69, 9.17) is 4.42 Å². The van der Waals surface area contributed by atoms with Crippen LogP contribution in [0.5, 0.6) is 0 Å². The molecule has 2 atom stereocenters. The number of para-hydroxylation sites is 1. The van der Waals surface area contributed by atoms with Crippen molar-refractivity contribution in [2.45, 2.75) is 6.92 Å². The van der Waals surface area contributed by atoms with Gasteiger partial charge < -0.3 is 14.2 Å². The molecule has 2 saturated heterocycles. The summed E-state index contributed by atoms with van der Waals surface area (Å²) in [6.07, 6.45) is 1.53. The van der Waals surface area contributed by atoms with E-state index in [1.807, 2.05) is 35.2 Å². The van der Waals surface area contributed by atoms with Gasteiger partial charge in [0.2, 0.25) is 5.91 Å². The number of furan rings is 1. The van der Waals surface area contributed by atoms with E-state index in [9.17, 15) is 9.59 Å². The Morgan fingerprint density at radius 3 is 2.57 bits per heavy atom. The SMILES string of the molecule is Cc1occc1C(=O)N1CC2CN(c3ccccc3)C(=O)C2C1. The zero-order valence-corrected chi connectivity index (χ0v) is 12.9. The van der Waals surface area contributed by atoms with Crippen molar-refractivity contribution in [2.24, 2.45) is 11.8 Å². The summed E-state index contributed by atoms with van der Waals surface area (Å²) in [6.45, 7) is 3.59. The molecule has 2 aliphatic rings. The molecule has 5 heteroatoms. The first-order valence-corrected chi connectivity index (χ1v) is 7.85. The molecule has 2 amide bonds. The van der Waals surface area contributed by atoms with Crippen molar-refractivity contribution in [3.8, 4) is 0 Å². The Labute approximate surface area is 134 Å². The summed E-state index contributed by atoms with van der Waals surface area (Å²) in [5.74, 6) is 0.833. The van der Waals surface area contributed by atoms with E-state index in [1.165, 1.54) is 6.26 Å². The number of rotatable bonds is 2. The first kappa shape index (κ1) is 14.1. The molecule has 118 valence electrons. The highest BCUT2D eigenvalue weighted by Gasteiger charge is 2.48. The third kappa shape index (κ3) is 2.23. The van der Waals surface area contributed by atoms with Crippen LogP contribution in [0.25, 0.3) is 0 Å². The van der Waals surface area contributed by atoms with Crippen molar-refractivity contribution in [1.29, 1.82) is 0 Å². The summed E-state index contributed by atoms with van der Waals surface area (Å²) >= 11 is 0. The van der Waals surface area contributed by atoms with Gasteiger partial charge in [-0.25, -0.2) is 0 Å². The first-order valence-electron chi connectivity index (χ1n) is 7.85. The van der Waals surface area contributed by atoms with Crippen molar-refractivity contribution in [3.63, 3.8) is 0 Å². The van der Waals surface area contributed by atoms with Gasteiger partial charge in [0.25, 0.3) is 5.91 Å². The van der Waals surface area contributed by atoms with Crippen molar-refractivity contribution in [3.05, 3.63) is 54.0 Å². The zero-order valence-electron chi connectivity index (χ0n) is 12.9. The first-order chi connectivity index (χ1) is 11.1. The Bertz CT molecular complexity index is 753. The molecule has 1 aromatic heterocycles. The molecule has 0 N–H and O–H groups in total. The summed E-state index contributed by atoms with van der Waals surface area (Å²) in [6, 6.07) is 11.4. The number of fused-ring (bicyclic) bond motifs is 1. The van der Waals surface area contributed by atoms with Crippen LogP contribution < -0.4 is 4.90 Å². The normalized spacial score (nSPS) is 23.4. The average Bonchev–Trinajstić information content (AvgIpc) is 3.24. The van der Waals surface area contributed by atoms with Gasteiger partial charge in [0.05, 0.1) is 17.7 Å². The molecule has 2 aliphatic heterocycles. The van der Waals surface area contributed by atoms with E-state index in [0.717, 1.165) is 5.69 Å². The Kier molecular flexibility index (Phi) is 3.22. The highest BCUT2D eigenvalue weighted by Crippen LogP contribution is 2.35. The third-order valence-electron chi connectivity index (χ3n) is 4.89. The minimum absolute atomic E-state index is 0.0373. The Balaban J connectivity index is 1.50. The minimum atomic E-state index is -0.0913. The summed E-state index contributed by atoms with van der Waals surface area (Å²) in [7, 11) is 0. The molecule has 5 nitrogen and oxygen atoms in total. The Hall–Kier alpha value is -2.56. The summed E-state index contributed by atoms with van der Waals surface area (Å²) in [5.41, 5.74) is 1.53. The second kappa shape index (κ2) is 5.26. The maximum Gasteiger partial charge on any atom is 0.257 e. The standard InChI is InChI=1S/C18H18N2O3/c1-12-15(7-8-23-12)17(21)19-9-13-10-20(18(22)16(13)11-19)14-5-3-2-4-6-14/h2-8,13,16H,9-11H2,1H3. The van der Waals surface area contributed by atoms with Gasteiger partial charge in [-0.05, 0) is 25.1 Å². The van der Waals surface area contributed by atoms with Crippen LogP contribution in [0.2, 0.25) is 0 Å². The van der Waals surface area contributed by atoms with Gasteiger partial charge in [0.1, 0.15) is 5.76 Å². The number of amides is 2. The number of anilines is 1. The maximum atomic E-state index is 12.7. The van der Waals surface area contributed by atoms with Crippen molar-refractivity contribution >= 4 is 17.5 Å². The summed E-state index contributed by atoms with van der Waals surface area (Å²) in [4.78, 5) is 28.9. The predicted molar refractivity (Wildman–Crippen MR) is 85.1 cm³/mol. The molecular weight excluding hydrogens is 292 g/mol. The lowest BCUT2D eigenvalue weighted by molar-refractivity contribution is -0.120. The van der Waals surface area contributed by atoms with Gasteiger partial charge in [-0.3, -0.25) is 9.59 Å². The van der Waals surface area contributed by atoms with Crippen LogP contribution in [0.1, 0.15) is 16.1 Å². The molecule has 0 saturated carbocycles. The van der Waals surface area contributed by atoms with Crippen LogP contribution in [0.15, 0.2) is 47.1 Å². The lowest BCUT2D eigenvalue weighted by Gasteiger charge is -2.21. The monoisotopic (exact) mass is 310 g/mol. The largest absolute Gasteiger partial charge is 0.469 e. The topological polar surface area (TPSA) is 53.8 Å². The highest BCUT2D eigenvalue weighted by molar-refractivity contribution is 6.00. The molecule has 1 aromatic carbocycles. The molecule has 23 heavy (non-hydrogen) atoms. The fourth-order valence-electron chi connectivity index (χ4n) is 3.64. The molecule has 0 aliphatic carbocycles. The Morgan fingerprint density at radius 2 is 1.91 bits per heavy atom. The van der Waals surface area contributed by atoms with Gasteiger partial charge in [0, 0.05) is 31.2 Å². The second-order valence-corrected chi connectivity index (χ2v) is 6.25. The second-order valence-electron chi connectivity index (χ2n) is 6.25. The number of hydrogen-bond acceptors (Lipinski definition) is 3. The maximum absolute atomic E-state index is 12.7. The smallest absolute Gasteiger partial charge is 0.257 e. The van der Waals surface area contributed by atoms with Gasteiger partial charge in [-0.15, -0.1) is 0 Å². The van der Waals surface area contributed by atoms with Gasteiger partial charge in [0.15, 0.2) is 0 Å². The number of carbonyl (C=O) groups excluding carboxylic acids is 2. The molecule has 4 rings (SSSR count). The van der Waals surface area contributed by atoms with Crippen LogP contribution >= 0.6 is 0 Å². The fourth-order valence-corrected chi connectivity index (χ4v) is 3.64. The van der Waals surface area contributed by atoms with Crippen molar-refractivity contribution in [2.75, 3.05) is 24.5 Å². The van der Waals surface area contributed by atoms with Crippen LogP contribution in [-0.4, -0.2) is 36.3 Å². The number of benzene rings is 1. The molecule has 0 spiro atoms. The molecule has 0 radical (unpaired) electrons. The van der Waals surface area contributed by atoms with E-state index < -0.39 is 0 Å². The highest BCUT2D eigenvalue weighted by atomic mass is 16.3. The van der Waals surface area contributed by atoms with E-state index in [0.29, 0.717) is 31.0 Å². The molecule has 2 aromatic rings. The summed E-state index contributed by atoms with van der Waals surface area (Å²) in [5, 5.41) is 0. The quantitative estimate of drug-likeness (QED) is 0.855. The predicted octanol–water partition coefficient (Wildman–Crippen LogP) is 2.32. The van der Waals surface area contributed by atoms with E-state index >= 15 is 0 Å². The number of carbonyl (C=O) groups is 2. The van der Waals surface area contributed by atoms with E-state index in [2.05, 4.69) is 0 Å². The number of hydrogen-bond donors (Lipinski definition) is 0. The Morgan fingerprint density at radius 1 is 1.13 bits per heavy atom. The number of nitrogens with zero attached hydrogens (tertiary/aromatic N) is 2. The molecular formula is C18H18N2O3. The van der Waals surface area contributed by atoms with Crippen molar-refractivity contribution in [1.82, 2.24) is 4.90 Å². The van der Waals surface area contributed by atoms with Gasteiger partial charge in [-0.2, -0.15) is 0 Å². The number of aryl methyl sites for hydroxylation is 1. The van der Waals surface area contributed by atoms with Crippen LogP contribution in [0.4, 0.5) is 5.69 Å². The van der Waals surface area contributed by atoms with E-state index in [-0.39, 0.29) is 23.7 Å². The van der Waals surface area contributed by atoms with Crippen LogP contribution in [0.3, 0.4) is 0 Å².